The summed E-state index contributed by atoms with van der Waals surface area (Å²) >= 11 is 0. The molecule has 1 amide bonds. The number of benzene rings is 1. The van der Waals surface area contributed by atoms with Gasteiger partial charge in [-0.25, -0.2) is 4.79 Å². The first kappa shape index (κ1) is 21.3. The fourth-order valence-electron chi connectivity index (χ4n) is 4.03. The highest BCUT2D eigenvalue weighted by Crippen LogP contribution is 2.42. The summed E-state index contributed by atoms with van der Waals surface area (Å²) in [5, 5.41) is 12.8. The number of aliphatic carboxylic acids is 1. The Morgan fingerprint density at radius 2 is 1.85 bits per heavy atom. The van der Waals surface area contributed by atoms with Crippen LogP contribution in [0, 0.1) is 18.3 Å². The molecule has 0 bridgehead atoms. The standard InChI is InChI=1S/C22H33NO4/c1-14-7-8-17(18(13-14)27-6)15(2)19(24)23-22(20(25)26)11-9-16(10-12-22)21(3,4)5/h7-8,13,15-16H,9-12H2,1-6H3,(H,23,24)(H,25,26). The lowest BCUT2D eigenvalue weighted by atomic mass is 9.67. The van der Waals surface area contributed by atoms with E-state index in [2.05, 4.69) is 26.1 Å². The number of carbonyl (C=O) groups excluding carboxylic acids is 1. The molecule has 1 saturated carbocycles. The second-order valence-electron chi connectivity index (χ2n) is 8.98. The number of amides is 1. The van der Waals surface area contributed by atoms with Crippen molar-refractivity contribution in [2.45, 2.75) is 71.8 Å². The Bertz CT molecular complexity index is 697. The SMILES string of the molecule is COc1cc(C)ccc1C(C)C(=O)NC1(C(=O)O)CCC(C(C)(C)C)CC1. The number of aryl methyl sites for hydroxylation is 1. The third-order valence-corrected chi connectivity index (χ3v) is 6.08. The maximum absolute atomic E-state index is 12.9. The average molecular weight is 376 g/mol. The van der Waals surface area contributed by atoms with Crippen LogP contribution in [0.5, 0.6) is 5.75 Å². The van der Waals surface area contributed by atoms with E-state index < -0.39 is 17.4 Å². The van der Waals surface area contributed by atoms with Gasteiger partial charge in [0.05, 0.1) is 13.0 Å². The third kappa shape index (κ3) is 4.63. The van der Waals surface area contributed by atoms with Crippen LogP contribution in [0.3, 0.4) is 0 Å². The predicted octanol–water partition coefficient (Wildman–Crippen LogP) is 4.28. The molecule has 1 aromatic carbocycles. The highest BCUT2D eigenvalue weighted by molar-refractivity contribution is 5.90. The molecule has 2 rings (SSSR count). The van der Waals surface area contributed by atoms with Gasteiger partial charge in [0, 0.05) is 5.56 Å². The van der Waals surface area contributed by atoms with Gasteiger partial charge in [0.2, 0.25) is 5.91 Å². The maximum Gasteiger partial charge on any atom is 0.329 e. The Balaban J connectivity index is 2.18. The van der Waals surface area contributed by atoms with E-state index in [4.69, 9.17) is 4.74 Å². The van der Waals surface area contributed by atoms with Gasteiger partial charge in [-0.15, -0.1) is 0 Å². The molecule has 0 aromatic heterocycles. The second kappa shape index (κ2) is 7.91. The number of nitrogens with one attached hydrogen (secondary N) is 1. The van der Waals surface area contributed by atoms with E-state index in [1.807, 2.05) is 25.1 Å². The molecule has 0 spiro atoms. The Labute approximate surface area is 162 Å². The van der Waals surface area contributed by atoms with Gasteiger partial charge in [-0.05, 0) is 62.5 Å². The van der Waals surface area contributed by atoms with E-state index >= 15 is 0 Å². The molecule has 0 saturated heterocycles. The van der Waals surface area contributed by atoms with Gasteiger partial charge in [0.1, 0.15) is 11.3 Å². The van der Waals surface area contributed by atoms with Crippen molar-refractivity contribution in [3.05, 3.63) is 29.3 Å². The number of carboxylic acid groups (broad SMARTS) is 1. The quantitative estimate of drug-likeness (QED) is 0.805. The number of carbonyl (C=O) groups is 2. The van der Waals surface area contributed by atoms with Crippen LogP contribution >= 0.6 is 0 Å². The summed E-state index contributed by atoms with van der Waals surface area (Å²) < 4.78 is 5.42. The van der Waals surface area contributed by atoms with Crippen LogP contribution in [0.4, 0.5) is 0 Å². The summed E-state index contributed by atoms with van der Waals surface area (Å²) in [6.07, 6.45) is 2.54. The molecule has 1 aliphatic carbocycles. The summed E-state index contributed by atoms with van der Waals surface area (Å²) in [6, 6.07) is 5.70. The van der Waals surface area contributed by atoms with E-state index in [9.17, 15) is 14.7 Å². The fraction of sp³-hybridized carbons (Fsp3) is 0.636. The van der Waals surface area contributed by atoms with Gasteiger partial charge in [-0.3, -0.25) is 4.79 Å². The minimum Gasteiger partial charge on any atom is -0.496 e. The molecule has 5 heteroatoms. The molecule has 1 atom stereocenters. The van der Waals surface area contributed by atoms with E-state index in [1.54, 1.807) is 14.0 Å². The van der Waals surface area contributed by atoms with Crippen molar-refractivity contribution in [3.8, 4) is 5.75 Å². The Morgan fingerprint density at radius 3 is 2.33 bits per heavy atom. The highest BCUT2D eigenvalue weighted by atomic mass is 16.5. The maximum atomic E-state index is 12.9. The first-order valence-corrected chi connectivity index (χ1v) is 9.70. The van der Waals surface area contributed by atoms with Gasteiger partial charge in [0.25, 0.3) is 0 Å². The topological polar surface area (TPSA) is 75.6 Å². The van der Waals surface area contributed by atoms with Crippen LogP contribution in [0.2, 0.25) is 0 Å². The number of methoxy groups -OCH3 is 1. The smallest absolute Gasteiger partial charge is 0.329 e. The van der Waals surface area contributed by atoms with Crippen molar-refractivity contribution < 1.29 is 19.4 Å². The molecule has 0 radical (unpaired) electrons. The van der Waals surface area contributed by atoms with Gasteiger partial charge >= 0.3 is 5.97 Å². The molecule has 2 N–H and O–H groups in total. The summed E-state index contributed by atoms with van der Waals surface area (Å²) in [4.78, 5) is 25.0. The summed E-state index contributed by atoms with van der Waals surface area (Å²) in [7, 11) is 1.58. The van der Waals surface area contributed by atoms with E-state index in [1.165, 1.54) is 0 Å². The zero-order valence-electron chi connectivity index (χ0n) is 17.4. The minimum atomic E-state index is -1.18. The van der Waals surface area contributed by atoms with E-state index in [0.717, 1.165) is 24.0 Å². The lowest BCUT2D eigenvalue weighted by Gasteiger charge is -2.42. The van der Waals surface area contributed by atoms with Crippen molar-refractivity contribution >= 4 is 11.9 Å². The van der Waals surface area contributed by atoms with Crippen LogP contribution < -0.4 is 10.1 Å². The van der Waals surface area contributed by atoms with Crippen molar-refractivity contribution in [1.82, 2.24) is 5.32 Å². The van der Waals surface area contributed by atoms with E-state index in [0.29, 0.717) is 24.5 Å². The fourth-order valence-corrected chi connectivity index (χ4v) is 4.03. The van der Waals surface area contributed by atoms with Crippen LogP contribution in [-0.2, 0) is 9.59 Å². The first-order chi connectivity index (χ1) is 12.5. The zero-order chi connectivity index (χ0) is 20.4. The highest BCUT2D eigenvalue weighted by Gasteiger charge is 2.45. The molecule has 0 aliphatic heterocycles. The second-order valence-corrected chi connectivity index (χ2v) is 8.98. The molecule has 1 aliphatic rings. The number of hydrogen-bond donors (Lipinski definition) is 2. The predicted molar refractivity (Wildman–Crippen MR) is 106 cm³/mol. The van der Waals surface area contributed by atoms with Crippen molar-refractivity contribution in [3.63, 3.8) is 0 Å². The number of rotatable bonds is 5. The van der Waals surface area contributed by atoms with Crippen molar-refractivity contribution in [2.24, 2.45) is 11.3 Å². The summed E-state index contributed by atoms with van der Waals surface area (Å²) in [6.45, 7) is 10.3. The molecule has 5 nitrogen and oxygen atoms in total. The molecule has 27 heavy (non-hydrogen) atoms. The monoisotopic (exact) mass is 375 g/mol. The van der Waals surface area contributed by atoms with Gasteiger partial charge in [-0.1, -0.05) is 32.9 Å². The van der Waals surface area contributed by atoms with E-state index in [-0.39, 0.29) is 11.3 Å². The normalized spacial score (nSPS) is 24.1. The Hall–Kier alpha value is -2.04. The lowest BCUT2D eigenvalue weighted by molar-refractivity contribution is -0.150. The number of ether oxygens (including phenoxy) is 1. The first-order valence-electron chi connectivity index (χ1n) is 9.70. The molecule has 0 heterocycles. The number of hydrogen-bond acceptors (Lipinski definition) is 3. The Morgan fingerprint density at radius 1 is 1.26 bits per heavy atom. The van der Waals surface area contributed by atoms with Crippen LogP contribution in [0.15, 0.2) is 18.2 Å². The number of carboxylic acids is 1. The van der Waals surface area contributed by atoms with Crippen molar-refractivity contribution in [2.75, 3.05) is 7.11 Å². The van der Waals surface area contributed by atoms with Gasteiger partial charge < -0.3 is 15.2 Å². The largest absolute Gasteiger partial charge is 0.496 e. The molecule has 1 aromatic rings. The van der Waals surface area contributed by atoms with Crippen molar-refractivity contribution in [1.29, 1.82) is 0 Å². The van der Waals surface area contributed by atoms with Crippen LogP contribution in [-0.4, -0.2) is 29.6 Å². The molecule has 1 unspecified atom stereocenters. The Kier molecular flexibility index (Phi) is 6.23. The zero-order valence-corrected chi connectivity index (χ0v) is 17.4. The molecule has 1 fully saturated rings. The van der Waals surface area contributed by atoms with Gasteiger partial charge in [-0.2, -0.15) is 0 Å². The summed E-state index contributed by atoms with van der Waals surface area (Å²) in [5.74, 6) is -0.577. The summed E-state index contributed by atoms with van der Waals surface area (Å²) in [5.41, 5.74) is 0.789. The molecular formula is C22H33NO4. The van der Waals surface area contributed by atoms with Crippen LogP contribution in [0.1, 0.15) is 70.4 Å². The lowest BCUT2D eigenvalue weighted by Crippen LogP contribution is -2.57. The third-order valence-electron chi connectivity index (χ3n) is 6.08. The molecule has 150 valence electrons. The molecular weight excluding hydrogens is 342 g/mol. The minimum absolute atomic E-state index is 0.150. The van der Waals surface area contributed by atoms with Crippen LogP contribution in [0.25, 0.3) is 0 Å². The van der Waals surface area contributed by atoms with Gasteiger partial charge in [0.15, 0.2) is 0 Å². The average Bonchev–Trinajstić information content (AvgIpc) is 2.60.